The highest BCUT2D eigenvalue weighted by Gasteiger charge is 2.50. The number of alkyl halides is 3. The van der Waals surface area contributed by atoms with E-state index < -0.39 is 15.5 Å². The molecule has 1 aliphatic rings. The molecule has 2 rings (SSSR count). The van der Waals surface area contributed by atoms with Crippen LogP contribution in [0, 0.1) is 6.92 Å². The Balaban J connectivity index is 0.00000480. The van der Waals surface area contributed by atoms with Crippen LogP contribution >= 0.6 is 24.0 Å². The topological polar surface area (TPSA) is 77.0 Å². The van der Waals surface area contributed by atoms with E-state index in [2.05, 4.69) is 21.7 Å². The zero-order chi connectivity index (χ0) is 22.5. The van der Waals surface area contributed by atoms with Gasteiger partial charge in [0.1, 0.15) is 0 Å². The Morgan fingerprint density at radius 2 is 1.87 bits per heavy atom. The number of sulfonamides is 1. The molecule has 0 amide bonds. The predicted octanol–water partition coefficient (Wildman–Crippen LogP) is 3.05. The third-order valence-electron chi connectivity index (χ3n) is 4.90. The maximum atomic E-state index is 12.7. The van der Waals surface area contributed by atoms with Crippen molar-refractivity contribution in [2.45, 2.75) is 44.8 Å². The highest BCUT2D eigenvalue weighted by Crippen LogP contribution is 2.29. The van der Waals surface area contributed by atoms with Crippen molar-refractivity contribution in [2.75, 3.05) is 38.6 Å². The van der Waals surface area contributed by atoms with Gasteiger partial charge in [-0.1, -0.05) is 12.1 Å². The van der Waals surface area contributed by atoms with Crippen molar-refractivity contribution >= 4 is 45.6 Å². The smallest absolute Gasteiger partial charge is 0.377 e. The van der Waals surface area contributed by atoms with E-state index >= 15 is 0 Å². The second-order valence-electron chi connectivity index (χ2n) is 7.49. The molecule has 0 aromatic heterocycles. The first-order valence-electron chi connectivity index (χ1n) is 9.83. The molecule has 0 atom stereocenters. The van der Waals surface area contributed by atoms with E-state index in [9.17, 15) is 21.6 Å². The van der Waals surface area contributed by atoms with E-state index in [1.54, 1.807) is 0 Å². The first-order chi connectivity index (χ1) is 14.0. The molecule has 1 heterocycles. The van der Waals surface area contributed by atoms with Crippen LogP contribution in [0.5, 0.6) is 0 Å². The number of guanidine groups is 1. The van der Waals surface area contributed by atoms with Crippen LogP contribution in [0.25, 0.3) is 0 Å². The Morgan fingerprint density at radius 1 is 1.26 bits per heavy atom. The molecule has 0 saturated carbocycles. The van der Waals surface area contributed by atoms with Gasteiger partial charge >= 0.3 is 15.5 Å². The zero-order valence-electron chi connectivity index (χ0n) is 18.2. The average Bonchev–Trinajstić information content (AvgIpc) is 2.66. The molecular weight excluding hydrogens is 546 g/mol. The van der Waals surface area contributed by atoms with Crippen LogP contribution in [0.3, 0.4) is 0 Å². The molecule has 12 heteroatoms. The number of hydrogen-bond acceptors (Lipinski definition) is 4. The molecule has 1 aromatic rings. The van der Waals surface area contributed by atoms with Crippen LogP contribution in [0.2, 0.25) is 0 Å². The largest absolute Gasteiger partial charge is 0.511 e. The molecule has 1 saturated heterocycles. The van der Waals surface area contributed by atoms with Crippen molar-refractivity contribution in [2.24, 2.45) is 4.99 Å². The summed E-state index contributed by atoms with van der Waals surface area (Å²) in [6.07, 6.45) is 0.542. The highest BCUT2D eigenvalue weighted by atomic mass is 127. The fourth-order valence-electron chi connectivity index (χ4n) is 3.29. The number of halogens is 4. The molecule has 7 nitrogen and oxygen atoms in total. The normalized spacial score (nSPS) is 16.5. The number of piperidine rings is 1. The van der Waals surface area contributed by atoms with Crippen molar-refractivity contribution in [1.29, 1.82) is 0 Å². The summed E-state index contributed by atoms with van der Waals surface area (Å²) in [4.78, 5) is 6.64. The summed E-state index contributed by atoms with van der Waals surface area (Å²) in [5.74, 6) is 0.555. The quantitative estimate of drug-likeness (QED) is 0.309. The van der Waals surface area contributed by atoms with Gasteiger partial charge in [0.2, 0.25) is 0 Å². The van der Waals surface area contributed by atoms with Crippen molar-refractivity contribution in [3.05, 3.63) is 29.3 Å². The first-order valence-corrected chi connectivity index (χ1v) is 11.3. The molecular formula is C19H31F3IN5O2S. The summed E-state index contributed by atoms with van der Waals surface area (Å²) in [5, 5.41) is 6.36. The van der Waals surface area contributed by atoms with Gasteiger partial charge in [-0.2, -0.15) is 17.5 Å². The van der Waals surface area contributed by atoms with E-state index in [0.29, 0.717) is 23.4 Å². The van der Waals surface area contributed by atoms with Gasteiger partial charge in [0.25, 0.3) is 0 Å². The molecule has 31 heavy (non-hydrogen) atoms. The van der Waals surface area contributed by atoms with E-state index in [-0.39, 0.29) is 55.9 Å². The minimum absolute atomic E-state index is 0. The van der Waals surface area contributed by atoms with E-state index in [1.165, 1.54) is 0 Å². The van der Waals surface area contributed by atoms with Gasteiger partial charge in [0.05, 0.1) is 6.54 Å². The summed E-state index contributed by atoms with van der Waals surface area (Å²) < 4.78 is 61.8. The van der Waals surface area contributed by atoms with Crippen LogP contribution in [-0.2, 0) is 16.6 Å². The van der Waals surface area contributed by atoms with Crippen LogP contribution in [0.4, 0.5) is 18.9 Å². The van der Waals surface area contributed by atoms with E-state index in [0.717, 1.165) is 16.8 Å². The highest BCUT2D eigenvalue weighted by molar-refractivity contribution is 14.0. The minimum Gasteiger partial charge on any atom is -0.377 e. The maximum absolute atomic E-state index is 12.7. The van der Waals surface area contributed by atoms with E-state index in [1.807, 2.05) is 45.0 Å². The third kappa shape index (κ3) is 7.38. The first kappa shape index (κ1) is 27.8. The van der Waals surface area contributed by atoms with Gasteiger partial charge < -0.3 is 15.5 Å². The number of nitrogens with zero attached hydrogens (tertiary/aromatic N) is 3. The fraction of sp³-hybridized carbons (Fsp3) is 0.632. The Kier molecular flexibility index (Phi) is 10.3. The lowest BCUT2D eigenvalue weighted by Crippen LogP contribution is -2.51. The summed E-state index contributed by atoms with van der Waals surface area (Å²) in [7, 11) is -1.34. The monoisotopic (exact) mass is 577 g/mol. The SMILES string of the molecule is CCNC(=NCc1ccc(C)cc1N(C)C)NC1CCN(S(=O)(=O)C(F)(F)F)CC1.I. The summed E-state index contributed by atoms with van der Waals surface area (Å²) >= 11 is 0. The molecule has 0 bridgehead atoms. The molecule has 0 spiro atoms. The average molecular weight is 577 g/mol. The second kappa shape index (κ2) is 11.5. The van der Waals surface area contributed by atoms with Crippen molar-refractivity contribution < 1.29 is 21.6 Å². The Bertz CT molecular complexity index is 855. The number of anilines is 1. The minimum atomic E-state index is -5.27. The lowest BCUT2D eigenvalue weighted by Gasteiger charge is -2.32. The molecule has 1 fully saturated rings. The van der Waals surface area contributed by atoms with Crippen molar-refractivity contribution in [3.8, 4) is 0 Å². The summed E-state index contributed by atoms with van der Waals surface area (Å²) in [6.45, 7) is 4.65. The van der Waals surface area contributed by atoms with Gasteiger partial charge in [0.15, 0.2) is 5.96 Å². The van der Waals surface area contributed by atoms with Crippen LogP contribution in [0.15, 0.2) is 23.2 Å². The molecule has 1 aliphatic heterocycles. The standard InChI is InChI=1S/C19H30F3N5O2S.HI/c1-5-23-18(24-13-15-7-6-14(2)12-17(15)26(3)4)25-16-8-10-27(11-9-16)30(28,29)19(20,21)22;/h6-7,12,16H,5,8-11,13H2,1-4H3,(H2,23,24,25);1H. The Morgan fingerprint density at radius 3 is 2.39 bits per heavy atom. The fourth-order valence-corrected chi connectivity index (χ4v) is 4.27. The van der Waals surface area contributed by atoms with Gasteiger partial charge in [-0.3, -0.25) is 0 Å². The van der Waals surface area contributed by atoms with Crippen molar-refractivity contribution in [1.82, 2.24) is 14.9 Å². The van der Waals surface area contributed by atoms with Gasteiger partial charge in [-0.15, -0.1) is 24.0 Å². The number of nitrogens with one attached hydrogen (secondary N) is 2. The Hall–Kier alpha value is -1.28. The van der Waals surface area contributed by atoms with Crippen molar-refractivity contribution in [3.63, 3.8) is 0 Å². The van der Waals surface area contributed by atoms with Gasteiger partial charge in [-0.25, -0.2) is 13.4 Å². The summed E-state index contributed by atoms with van der Waals surface area (Å²) in [5.41, 5.74) is -1.99. The van der Waals surface area contributed by atoms with Crippen LogP contribution in [0.1, 0.15) is 30.9 Å². The second-order valence-corrected chi connectivity index (χ2v) is 9.42. The number of aryl methyl sites for hydroxylation is 1. The molecule has 0 unspecified atom stereocenters. The van der Waals surface area contributed by atoms with Crippen LogP contribution < -0.4 is 15.5 Å². The third-order valence-corrected chi connectivity index (χ3v) is 6.53. The number of benzene rings is 1. The number of hydrogen-bond donors (Lipinski definition) is 2. The lowest BCUT2D eigenvalue weighted by molar-refractivity contribution is -0.0494. The number of rotatable bonds is 6. The molecule has 2 N–H and O–H groups in total. The Labute approximate surface area is 199 Å². The predicted molar refractivity (Wildman–Crippen MR) is 128 cm³/mol. The summed E-state index contributed by atoms with van der Waals surface area (Å²) in [6, 6.07) is 5.98. The molecule has 1 aromatic carbocycles. The maximum Gasteiger partial charge on any atom is 0.511 e. The van der Waals surface area contributed by atoms with Gasteiger partial charge in [-0.05, 0) is 43.9 Å². The molecule has 0 aliphatic carbocycles. The number of aliphatic imine (C=N–C) groups is 1. The van der Waals surface area contributed by atoms with Crippen LogP contribution in [-0.4, -0.2) is 64.0 Å². The molecule has 178 valence electrons. The molecule has 0 radical (unpaired) electrons. The van der Waals surface area contributed by atoms with E-state index in [4.69, 9.17) is 0 Å². The zero-order valence-corrected chi connectivity index (χ0v) is 21.3. The van der Waals surface area contributed by atoms with Gasteiger partial charge in [0, 0.05) is 45.5 Å². The lowest BCUT2D eigenvalue weighted by atomic mass is 10.1.